The minimum absolute atomic E-state index is 0.0214. The van der Waals surface area contributed by atoms with E-state index in [1.54, 1.807) is 0 Å². The molecule has 6 rings (SSSR count). The van der Waals surface area contributed by atoms with Gasteiger partial charge in [-0.25, -0.2) is 0 Å². The molecule has 1 heterocycles. The van der Waals surface area contributed by atoms with Crippen molar-refractivity contribution in [1.29, 1.82) is 0 Å². The smallest absolute Gasteiger partial charge is 0.312 e. The van der Waals surface area contributed by atoms with Crippen molar-refractivity contribution in [2.24, 2.45) is 50.7 Å². The lowest BCUT2D eigenvalue weighted by Gasteiger charge is -2.72. The summed E-state index contributed by atoms with van der Waals surface area (Å²) >= 11 is 0. The number of fused-ring (bicyclic) bond motifs is 5. The van der Waals surface area contributed by atoms with Crippen LogP contribution in [0.1, 0.15) is 98.8 Å². The zero-order valence-electron chi connectivity index (χ0n) is 19.8. The largest absolute Gasteiger partial charge is 0.462 e. The number of carbonyl (C=O) groups is 1. The zero-order valence-corrected chi connectivity index (χ0v) is 19.8. The summed E-state index contributed by atoms with van der Waals surface area (Å²) in [5.74, 6) is 2.64. The Morgan fingerprint density at radius 2 is 1.57 bits per heavy atom. The summed E-state index contributed by atoms with van der Waals surface area (Å²) in [7, 11) is 0. The molecule has 6 aliphatic rings. The Labute approximate surface area is 182 Å². The molecule has 1 N–H and O–H groups in total. The number of aliphatic hydroxyl groups is 1. The minimum Gasteiger partial charge on any atom is -0.462 e. The number of hydrogen-bond donors (Lipinski definition) is 1. The highest BCUT2D eigenvalue weighted by molar-refractivity contribution is 5.81. The third-order valence-electron chi connectivity index (χ3n) is 13.0. The van der Waals surface area contributed by atoms with Crippen molar-refractivity contribution in [2.75, 3.05) is 0 Å². The highest BCUT2D eigenvalue weighted by atomic mass is 16.6. The van der Waals surface area contributed by atoms with E-state index in [1.807, 2.05) is 0 Å². The maximum atomic E-state index is 12.8. The summed E-state index contributed by atoms with van der Waals surface area (Å²) in [6.07, 6.45) is 11.8. The summed E-state index contributed by atoms with van der Waals surface area (Å²) in [6.45, 7) is 12.5. The summed E-state index contributed by atoms with van der Waals surface area (Å²) < 4.78 is 5.94. The normalized spacial score (nSPS) is 60.8. The molecule has 3 heteroatoms. The molecular formula is C27H42O3. The lowest BCUT2D eigenvalue weighted by Crippen LogP contribution is -2.66. The quantitative estimate of drug-likeness (QED) is 0.514. The van der Waals surface area contributed by atoms with E-state index in [4.69, 9.17) is 4.74 Å². The van der Waals surface area contributed by atoms with Gasteiger partial charge in [-0.15, -0.1) is 0 Å². The Balaban J connectivity index is 1.40. The molecule has 0 aromatic carbocycles. The highest BCUT2D eigenvalue weighted by Gasteiger charge is 2.74. The van der Waals surface area contributed by atoms with Crippen molar-refractivity contribution in [1.82, 2.24) is 0 Å². The molecular weight excluding hydrogens is 372 g/mol. The number of rotatable bonds is 0. The highest BCUT2D eigenvalue weighted by Crippen LogP contribution is 2.77. The van der Waals surface area contributed by atoms with Gasteiger partial charge < -0.3 is 9.84 Å². The number of carbonyl (C=O) groups excluding carboxylic acids is 1. The maximum absolute atomic E-state index is 12.8. The predicted molar refractivity (Wildman–Crippen MR) is 117 cm³/mol. The van der Waals surface area contributed by atoms with E-state index in [0.29, 0.717) is 34.0 Å². The van der Waals surface area contributed by atoms with Crippen molar-refractivity contribution in [3.05, 3.63) is 0 Å². The van der Waals surface area contributed by atoms with E-state index in [-0.39, 0.29) is 29.0 Å². The minimum atomic E-state index is -0.154. The summed E-state index contributed by atoms with van der Waals surface area (Å²) in [5, 5.41) is 10.8. The Morgan fingerprint density at radius 1 is 0.800 bits per heavy atom. The molecule has 0 spiro atoms. The number of ether oxygens (including phenoxy) is 1. The van der Waals surface area contributed by atoms with Gasteiger partial charge in [-0.3, -0.25) is 4.79 Å². The van der Waals surface area contributed by atoms with E-state index in [0.717, 1.165) is 31.6 Å². The van der Waals surface area contributed by atoms with Crippen LogP contribution in [-0.2, 0) is 9.53 Å². The SMILES string of the molecule is CC1(C)[C@@H](O)CC[C@]2(C)[C@H]3CC[C@@H]4[C@H]5[C@H]6CCC5(CC[C@@]4(C)[C@]3(C)CC[C@@H]12)C(=O)O6. The van der Waals surface area contributed by atoms with Crippen molar-refractivity contribution < 1.29 is 14.6 Å². The third-order valence-corrected chi connectivity index (χ3v) is 13.0. The third kappa shape index (κ3) is 1.98. The first-order valence-electron chi connectivity index (χ1n) is 12.9. The fourth-order valence-electron chi connectivity index (χ4n) is 11.3. The molecule has 5 saturated carbocycles. The Hall–Kier alpha value is -0.570. The second kappa shape index (κ2) is 5.67. The van der Waals surface area contributed by atoms with Gasteiger partial charge in [-0.2, -0.15) is 0 Å². The monoisotopic (exact) mass is 414 g/mol. The second-order valence-electron chi connectivity index (χ2n) is 13.7. The average molecular weight is 415 g/mol. The fraction of sp³-hybridized carbons (Fsp3) is 0.963. The van der Waals surface area contributed by atoms with Gasteiger partial charge >= 0.3 is 5.97 Å². The molecule has 0 aromatic heterocycles. The fourth-order valence-corrected chi connectivity index (χ4v) is 11.3. The van der Waals surface area contributed by atoms with Crippen LogP contribution in [0.2, 0.25) is 0 Å². The van der Waals surface area contributed by atoms with Crippen LogP contribution in [0.25, 0.3) is 0 Å². The van der Waals surface area contributed by atoms with Crippen molar-refractivity contribution in [3.63, 3.8) is 0 Å². The Bertz CT molecular complexity index is 789. The molecule has 1 saturated heterocycles. The van der Waals surface area contributed by atoms with Crippen LogP contribution in [-0.4, -0.2) is 23.3 Å². The van der Waals surface area contributed by atoms with E-state index in [9.17, 15) is 9.90 Å². The Kier molecular flexibility index (Phi) is 3.79. The van der Waals surface area contributed by atoms with E-state index < -0.39 is 0 Å². The van der Waals surface area contributed by atoms with Gasteiger partial charge in [-0.1, -0.05) is 34.6 Å². The molecule has 1 aliphatic heterocycles. The van der Waals surface area contributed by atoms with Crippen molar-refractivity contribution >= 4 is 5.97 Å². The Morgan fingerprint density at radius 3 is 2.30 bits per heavy atom. The summed E-state index contributed by atoms with van der Waals surface area (Å²) in [6, 6.07) is 0. The van der Waals surface area contributed by atoms with Gasteiger partial charge in [0, 0.05) is 5.92 Å². The first-order chi connectivity index (χ1) is 14.0. The van der Waals surface area contributed by atoms with Gasteiger partial charge in [-0.05, 0) is 104 Å². The first-order valence-corrected chi connectivity index (χ1v) is 12.9. The summed E-state index contributed by atoms with van der Waals surface area (Å²) in [5.41, 5.74) is 0.879. The zero-order chi connectivity index (χ0) is 21.3. The van der Waals surface area contributed by atoms with Crippen LogP contribution in [0, 0.1) is 50.7 Å². The standard InChI is InChI=1S/C27H42O3/c1-23(2)18-9-12-26(5)19(24(18,3)11-10-20(23)28)7-6-16-21-17-8-13-27(21,22(29)30-17)15-14-25(16,26)4/h16-21,28H,6-15H2,1-5H3/t16-,17-,18+,19-,20+,21+,24+,25-,26-,27?/m1/s1. The van der Waals surface area contributed by atoms with Crippen LogP contribution >= 0.6 is 0 Å². The van der Waals surface area contributed by atoms with Crippen LogP contribution in [0.4, 0.5) is 0 Å². The molecule has 30 heavy (non-hydrogen) atoms. The topological polar surface area (TPSA) is 46.5 Å². The van der Waals surface area contributed by atoms with E-state index in [2.05, 4.69) is 34.6 Å². The van der Waals surface area contributed by atoms with Crippen LogP contribution in [0.3, 0.4) is 0 Å². The number of esters is 1. The average Bonchev–Trinajstić information content (AvgIpc) is 3.18. The molecule has 0 amide bonds. The molecule has 1 unspecified atom stereocenters. The van der Waals surface area contributed by atoms with Gasteiger partial charge in [0.1, 0.15) is 6.10 Å². The van der Waals surface area contributed by atoms with Crippen LogP contribution < -0.4 is 0 Å². The van der Waals surface area contributed by atoms with Gasteiger partial charge in [0.15, 0.2) is 0 Å². The second-order valence-corrected chi connectivity index (χ2v) is 13.7. The summed E-state index contributed by atoms with van der Waals surface area (Å²) in [4.78, 5) is 12.8. The lowest BCUT2D eigenvalue weighted by atomic mass is 9.32. The van der Waals surface area contributed by atoms with E-state index in [1.165, 1.54) is 38.5 Å². The van der Waals surface area contributed by atoms with Crippen LogP contribution in [0.5, 0.6) is 0 Å². The van der Waals surface area contributed by atoms with E-state index >= 15 is 0 Å². The maximum Gasteiger partial charge on any atom is 0.312 e. The molecule has 10 atom stereocenters. The molecule has 2 bridgehead atoms. The molecule has 5 aliphatic carbocycles. The molecule has 0 aromatic rings. The first kappa shape index (κ1) is 20.1. The number of hydrogen-bond acceptors (Lipinski definition) is 3. The van der Waals surface area contributed by atoms with Gasteiger partial charge in [0.25, 0.3) is 0 Å². The van der Waals surface area contributed by atoms with Crippen molar-refractivity contribution in [2.45, 2.75) is 111 Å². The predicted octanol–water partition coefficient (Wildman–Crippen LogP) is 5.74. The molecule has 168 valence electrons. The molecule has 3 nitrogen and oxygen atoms in total. The lowest BCUT2D eigenvalue weighted by molar-refractivity contribution is -0.243. The molecule has 6 fully saturated rings. The van der Waals surface area contributed by atoms with Gasteiger partial charge in [0.05, 0.1) is 11.5 Å². The van der Waals surface area contributed by atoms with Crippen molar-refractivity contribution in [3.8, 4) is 0 Å². The van der Waals surface area contributed by atoms with Gasteiger partial charge in [0.2, 0.25) is 0 Å². The van der Waals surface area contributed by atoms with Crippen LogP contribution in [0.15, 0.2) is 0 Å². The number of aliphatic hydroxyl groups excluding tert-OH is 1. The molecule has 0 radical (unpaired) electrons.